The predicted molar refractivity (Wildman–Crippen MR) is 151 cm³/mol. The standard InChI is InChI=1S/C30H34O15/c31-13-20-24(37)26(39)27(40)29(42-20)45-30(15-32)28(43-23(36)12-6-17-3-9-19(34)10-4-17)25(38)21(44-30)14-41-22(35)11-5-16-1-7-18(33)8-2-16/h1-12,20-21,24-29,31-34,37-40H,13-15H2/b11-5+,12-6+/t20-,21+,24+,25+,26-,27-,28-,29+,30-/m0/s1. The molecule has 0 radical (unpaired) electrons. The predicted octanol–water partition coefficient (Wildman–Crippen LogP) is -1.46. The zero-order valence-electron chi connectivity index (χ0n) is 23.6. The molecule has 0 saturated carbocycles. The van der Waals surface area contributed by atoms with Gasteiger partial charge in [0, 0.05) is 12.2 Å². The number of esters is 2. The third kappa shape index (κ3) is 8.23. The summed E-state index contributed by atoms with van der Waals surface area (Å²) in [6.07, 6.45) is -9.11. The fourth-order valence-electron chi connectivity index (χ4n) is 4.64. The van der Waals surface area contributed by atoms with Crippen molar-refractivity contribution in [2.75, 3.05) is 19.8 Å². The molecule has 2 aromatic rings. The molecule has 9 atom stereocenters. The van der Waals surface area contributed by atoms with E-state index in [9.17, 15) is 50.4 Å². The number of benzene rings is 2. The minimum atomic E-state index is -2.46. The highest BCUT2D eigenvalue weighted by molar-refractivity contribution is 5.87. The van der Waals surface area contributed by atoms with E-state index in [1.165, 1.54) is 48.6 Å². The fourth-order valence-corrected chi connectivity index (χ4v) is 4.64. The van der Waals surface area contributed by atoms with Crippen molar-refractivity contribution in [3.63, 3.8) is 0 Å². The first-order chi connectivity index (χ1) is 21.5. The van der Waals surface area contributed by atoms with Crippen molar-refractivity contribution in [1.29, 1.82) is 0 Å². The smallest absolute Gasteiger partial charge is 0.331 e. The first-order valence-corrected chi connectivity index (χ1v) is 13.7. The molecule has 2 saturated heterocycles. The average molecular weight is 635 g/mol. The summed E-state index contributed by atoms with van der Waals surface area (Å²) in [6, 6.07) is 11.7. The molecule has 2 fully saturated rings. The van der Waals surface area contributed by atoms with Crippen molar-refractivity contribution >= 4 is 24.1 Å². The molecule has 0 unspecified atom stereocenters. The summed E-state index contributed by atoms with van der Waals surface area (Å²) in [7, 11) is 0. The van der Waals surface area contributed by atoms with Gasteiger partial charge in [0.2, 0.25) is 5.79 Å². The van der Waals surface area contributed by atoms with Crippen LogP contribution in [-0.4, -0.2) is 127 Å². The maximum absolute atomic E-state index is 12.8. The Morgan fingerprint density at radius 3 is 1.84 bits per heavy atom. The second kappa shape index (κ2) is 14.9. The summed E-state index contributed by atoms with van der Waals surface area (Å²) in [5.74, 6) is -4.33. The van der Waals surface area contributed by atoms with E-state index in [-0.39, 0.29) is 11.5 Å². The van der Waals surface area contributed by atoms with Crippen molar-refractivity contribution in [2.24, 2.45) is 0 Å². The lowest BCUT2D eigenvalue weighted by atomic mass is 9.99. The second-order valence-corrected chi connectivity index (χ2v) is 10.3. The number of carbonyl (C=O) groups is 2. The number of phenols is 2. The molecule has 2 heterocycles. The van der Waals surface area contributed by atoms with E-state index in [0.29, 0.717) is 11.1 Å². The number of hydrogen-bond acceptors (Lipinski definition) is 15. The second-order valence-electron chi connectivity index (χ2n) is 10.3. The highest BCUT2D eigenvalue weighted by atomic mass is 16.8. The molecule has 2 aliphatic heterocycles. The molecule has 8 N–H and O–H groups in total. The van der Waals surface area contributed by atoms with Crippen LogP contribution in [0.4, 0.5) is 0 Å². The van der Waals surface area contributed by atoms with Crippen LogP contribution in [0.2, 0.25) is 0 Å². The van der Waals surface area contributed by atoms with Crippen LogP contribution in [0, 0.1) is 0 Å². The number of hydrogen-bond donors (Lipinski definition) is 8. The van der Waals surface area contributed by atoms with Gasteiger partial charge in [0.05, 0.1) is 6.61 Å². The monoisotopic (exact) mass is 634 g/mol. The van der Waals surface area contributed by atoms with E-state index in [0.717, 1.165) is 12.2 Å². The molecule has 15 nitrogen and oxygen atoms in total. The summed E-state index contributed by atoms with van der Waals surface area (Å²) >= 11 is 0. The molecule has 244 valence electrons. The Hall–Kier alpha value is -3.90. The number of phenolic OH excluding ortho intramolecular Hbond substituents is 2. The van der Waals surface area contributed by atoms with Gasteiger partial charge in [-0.05, 0) is 47.5 Å². The van der Waals surface area contributed by atoms with Crippen molar-refractivity contribution in [3.8, 4) is 11.5 Å². The summed E-state index contributed by atoms with van der Waals surface area (Å²) in [5.41, 5.74) is 1.07. The molecule has 0 amide bonds. The number of ether oxygens (including phenoxy) is 5. The van der Waals surface area contributed by atoms with Gasteiger partial charge in [-0.3, -0.25) is 0 Å². The van der Waals surface area contributed by atoms with E-state index >= 15 is 0 Å². The summed E-state index contributed by atoms with van der Waals surface area (Å²) in [5, 5.41) is 80.7. The maximum Gasteiger partial charge on any atom is 0.331 e. The van der Waals surface area contributed by atoms with Gasteiger partial charge in [-0.2, -0.15) is 0 Å². The Kier molecular flexibility index (Phi) is 11.3. The molecule has 15 heteroatoms. The highest BCUT2D eigenvalue weighted by Crippen LogP contribution is 2.38. The first-order valence-electron chi connectivity index (χ1n) is 13.7. The summed E-state index contributed by atoms with van der Waals surface area (Å²) in [4.78, 5) is 25.2. The van der Waals surface area contributed by atoms with Crippen LogP contribution in [0.1, 0.15) is 11.1 Å². The minimum absolute atomic E-state index is 0.00149. The molecular formula is C30H34O15. The lowest BCUT2D eigenvalue weighted by Gasteiger charge is -2.43. The Balaban J connectivity index is 1.52. The summed E-state index contributed by atoms with van der Waals surface area (Å²) in [6.45, 7) is -2.54. The van der Waals surface area contributed by atoms with Crippen molar-refractivity contribution in [3.05, 3.63) is 71.8 Å². The number of rotatable bonds is 11. The van der Waals surface area contributed by atoms with Crippen LogP contribution >= 0.6 is 0 Å². The number of carbonyl (C=O) groups excluding carboxylic acids is 2. The Labute approximate surface area is 256 Å². The third-order valence-corrected chi connectivity index (χ3v) is 7.10. The number of aliphatic hydroxyl groups is 6. The lowest BCUT2D eigenvalue weighted by molar-refractivity contribution is -0.383. The molecular weight excluding hydrogens is 600 g/mol. The number of aromatic hydroxyl groups is 2. The van der Waals surface area contributed by atoms with Gasteiger partial charge in [-0.15, -0.1) is 0 Å². The third-order valence-electron chi connectivity index (χ3n) is 7.10. The van der Waals surface area contributed by atoms with Gasteiger partial charge >= 0.3 is 11.9 Å². The van der Waals surface area contributed by atoms with Crippen LogP contribution in [0.25, 0.3) is 12.2 Å². The van der Waals surface area contributed by atoms with Crippen molar-refractivity contribution < 1.29 is 74.1 Å². The van der Waals surface area contributed by atoms with Crippen LogP contribution in [0.5, 0.6) is 11.5 Å². The molecule has 45 heavy (non-hydrogen) atoms. The number of aliphatic hydroxyl groups excluding tert-OH is 6. The van der Waals surface area contributed by atoms with Crippen LogP contribution in [0.15, 0.2) is 60.7 Å². The minimum Gasteiger partial charge on any atom is -0.508 e. The van der Waals surface area contributed by atoms with Crippen molar-refractivity contribution in [1.82, 2.24) is 0 Å². The van der Waals surface area contributed by atoms with Crippen LogP contribution in [0.3, 0.4) is 0 Å². The normalized spacial score (nSPS) is 31.8. The van der Waals surface area contributed by atoms with Gasteiger partial charge in [0.15, 0.2) is 12.4 Å². The van der Waals surface area contributed by atoms with Gasteiger partial charge < -0.3 is 64.5 Å². The van der Waals surface area contributed by atoms with Gasteiger partial charge in [0.25, 0.3) is 0 Å². The Bertz CT molecular complexity index is 1340. The molecule has 0 aliphatic carbocycles. The van der Waals surface area contributed by atoms with Crippen LogP contribution in [-0.2, 0) is 33.3 Å². The van der Waals surface area contributed by atoms with Gasteiger partial charge in [0.1, 0.15) is 61.3 Å². The average Bonchev–Trinajstić information content (AvgIpc) is 3.29. The molecule has 0 bridgehead atoms. The van der Waals surface area contributed by atoms with Crippen LogP contribution < -0.4 is 0 Å². The zero-order valence-corrected chi connectivity index (χ0v) is 23.6. The Morgan fingerprint density at radius 1 is 0.756 bits per heavy atom. The van der Waals surface area contributed by atoms with E-state index in [1.54, 1.807) is 12.1 Å². The van der Waals surface area contributed by atoms with E-state index in [1.807, 2.05) is 0 Å². The SMILES string of the molecule is O=C(/C=C/c1ccc(O)cc1)OC[C@H]1O[C@@](CO)(O[C@H]2O[C@@H](CO)[C@@H](O)[C@H](O)[C@@H]2O)[C@@H](OC(=O)/C=C/c2ccc(O)cc2)[C@@H]1O. The van der Waals surface area contributed by atoms with E-state index < -0.39 is 86.6 Å². The van der Waals surface area contributed by atoms with Gasteiger partial charge in [-0.25, -0.2) is 9.59 Å². The summed E-state index contributed by atoms with van der Waals surface area (Å²) < 4.78 is 27.3. The molecule has 2 aromatic carbocycles. The molecule has 0 spiro atoms. The Morgan fingerprint density at radius 2 is 1.31 bits per heavy atom. The molecule has 2 aliphatic rings. The molecule has 0 aromatic heterocycles. The first kappa shape index (κ1) is 34.0. The van der Waals surface area contributed by atoms with E-state index in [4.69, 9.17) is 23.7 Å². The van der Waals surface area contributed by atoms with Gasteiger partial charge in [-0.1, -0.05) is 24.3 Å². The maximum atomic E-state index is 12.8. The van der Waals surface area contributed by atoms with E-state index in [2.05, 4.69) is 0 Å². The quantitative estimate of drug-likeness (QED) is 0.104. The fraction of sp³-hybridized carbons (Fsp3) is 0.400. The topological polar surface area (TPSA) is 242 Å². The molecule has 4 rings (SSSR count). The van der Waals surface area contributed by atoms with Crippen molar-refractivity contribution in [2.45, 2.75) is 54.8 Å². The highest BCUT2D eigenvalue weighted by Gasteiger charge is 2.61. The zero-order chi connectivity index (χ0) is 32.7. The largest absolute Gasteiger partial charge is 0.508 e. The lowest BCUT2D eigenvalue weighted by Crippen LogP contribution is -2.63.